The Kier molecular flexibility index (Phi) is 5.85. The SMILES string of the molecule is CN(CCc1ccncc1)C(=O)c1ccnc(C(=O)NC(C)(C)C)c1. The monoisotopic (exact) mass is 340 g/mol. The van der Waals surface area contributed by atoms with E-state index in [0.29, 0.717) is 12.1 Å². The number of nitrogens with one attached hydrogen (secondary N) is 1. The summed E-state index contributed by atoms with van der Waals surface area (Å²) in [5.74, 6) is -0.428. The maximum absolute atomic E-state index is 12.6. The number of amides is 2. The Labute approximate surface area is 148 Å². The Balaban J connectivity index is 2.03. The fourth-order valence-electron chi connectivity index (χ4n) is 2.26. The van der Waals surface area contributed by atoms with Gasteiger partial charge < -0.3 is 10.2 Å². The van der Waals surface area contributed by atoms with Gasteiger partial charge in [-0.15, -0.1) is 0 Å². The van der Waals surface area contributed by atoms with Crippen molar-refractivity contribution in [1.82, 2.24) is 20.2 Å². The Morgan fingerprint density at radius 3 is 2.44 bits per heavy atom. The molecule has 0 aliphatic rings. The molecule has 2 aromatic rings. The van der Waals surface area contributed by atoms with Gasteiger partial charge in [0.25, 0.3) is 11.8 Å². The number of hydrogen-bond acceptors (Lipinski definition) is 4. The van der Waals surface area contributed by atoms with Crippen LogP contribution >= 0.6 is 0 Å². The molecule has 0 atom stereocenters. The van der Waals surface area contributed by atoms with E-state index in [-0.39, 0.29) is 23.0 Å². The van der Waals surface area contributed by atoms with E-state index in [0.717, 1.165) is 12.0 Å². The lowest BCUT2D eigenvalue weighted by atomic mass is 10.1. The van der Waals surface area contributed by atoms with E-state index in [1.807, 2.05) is 32.9 Å². The van der Waals surface area contributed by atoms with Gasteiger partial charge in [0.2, 0.25) is 0 Å². The van der Waals surface area contributed by atoms with Crippen LogP contribution in [0.2, 0.25) is 0 Å². The number of carbonyl (C=O) groups is 2. The molecule has 6 heteroatoms. The van der Waals surface area contributed by atoms with Crippen LogP contribution in [-0.2, 0) is 6.42 Å². The molecule has 25 heavy (non-hydrogen) atoms. The highest BCUT2D eigenvalue weighted by molar-refractivity contribution is 5.98. The van der Waals surface area contributed by atoms with Crippen molar-refractivity contribution in [3.63, 3.8) is 0 Å². The van der Waals surface area contributed by atoms with Crippen LogP contribution in [0.1, 0.15) is 47.2 Å². The van der Waals surface area contributed by atoms with E-state index in [4.69, 9.17) is 0 Å². The van der Waals surface area contributed by atoms with Gasteiger partial charge in [-0.05, 0) is 57.0 Å². The molecule has 0 aliphatic carbocycles. The molecule has 0 radical (unpaired) electrons. The number of hydrogen-bond donors (Lipinski definition) is 1. The average molecular weight is 340 g/mol. The maximum atomic E-state index is 12.6. The summed E-state index contributed by atoms with van der Waals surface area (Å²) in [7, 11) is 1.75. The molecule has 0 bridgehead atoms. The molecule has 2 rings (SSSR count). The Bertz CT molecular complexity index is 739. The highest BCUT2D eigenvalue weighted by Crippen LogP contribution is 2.09. The van der Waals surface area contributed by atoms with Crippen LogP contribution in [-0.4, -0.2) is 45.8 Å². The molecular weight excluding hydrogens is 316 g/mol. The molecule has 0 unspecified atom stereocenters. The van der Waals surface area contributed by atoms with E-state index < -0.39 is 0 Å². The van der Waals surface area contributed by atoms with Gasteiger partial charge in [0, 0.05) is 43.3 Å². The Hall–Kier alpha value is -2.76. The third-order valence-electron chi connectivity index (χ3n) is 3.56. The largest absolute Gasteiger partial charge is 0.346 e. The van der Waals surface area contributed by atoms with Crippen molar-refractivity contribution in [2.45, 2.75) is 32.7 Å². The summed E-state index contributed by atoms with van der Waals surface area (Å²) in [6, 6.07) is 7.02. The number of nitrogens with zero attached hydrogens (tertiary/aromatic N) is 3. The smallest absolute Gasteiger partial charge is 0.270 e. The van der Waals surface area contributed by atoms with E-state index in [2.05, 4.69) is 15.3 Å². The van der Waals surface area contributed by atoms with E-state index in [1.165, 1.54) is 12.3 Å². The van der Waals surface area contributed by atoms with Gasteiger partial charge in [0.15, 0.2) is 0 Å². The molecule has 0 aromatic carbocycles. The fourth-order valence-corrected chi connectivity index (χ4v) is 2.26. The molecular formula is C19H24N4O2. The summed E-state index contributed by atoms with van der Waals surface area (Å²) in [4.78, 5) is 34.5. The molecule has 0 fully saturated rings. The number of likely N-dealkylation sites (N-methyl/N-ethyl adjacent to an activating group) is 1. The third-order valence-corrected chi connectivity index (χ3v) is 3.56. The standard InChI is InChI=1S/C19H24N4O2/c1-19(2,3)22-17(24)16-13-15(7-11-21-16)18(25)23(4)12-8-14-5-9-20-10-6-14/h5-7,9-11,13H,8,12H2,1-4H3,(H,22,24). The summed E-state index contributed by atoms with van der Waals surface area (Å²) in [6.07, 6.45) is 5.70. The third kappa shape index (κ3) is 5.67. The molecule has 1 N–H and O–H groups in total. The Morgan fingerprint density at radius 2 is 1.80 bits per heavy atom. The molecule has 0 spiro atoms. The van der Waals surface area contributed by atoms with Gasteiger partial charge in [-0.3, -0.25) is 19.6 Å². The second kappa shape index (κ2) is 7.88. The second-order valence-electron chi connectivity index (χ2n) is 6.97. The molecule has 0 aliphatic heterocycles. The van der Waals surface area contributed by atoms with Crippen LogP contribution in [0.25, 0.3) is 0 Å². The normalized spacial score (nSPS) is 11.0. The zero-order valence-electron chi connectivity index (χ0n) is 15.1. The van der Waals surface area contributed by atoms with Crippen LogP contribution in [0.3, 0.4) is 0 Å². The van der Waals surface area contributed by atoms with Gasteiger partial charge >= 0.3 is 0 Å². The molecule has 0 saturated carbocycles. The average Bonchev–Trinajstić information content (AvgIpc) is 2.58. The summed E-state index contributed by atoms with van der Waals surface area (Å²) >= 11 is 0. The molecule has 0 saturated heterocycles. The van der Waals surface area contributed by atoms with Gasteiger partial charge in [0.05, 0.1) is 0 Å². The van der Waals surface area contributed by atoms with Crippen molar-refractivity contribution in [3.8, 4) is 0 Å². The molecule has 2 aromatic heterocycles. The van der Waals surface area contributed by atoms with Crippen molar-refractivity contribution < 1.29 is 9.59 Å². The minimum absolute atomic E-state index is 0.138. The first-order valence-electron chi connectivity index (χ1n) is 8.19. The number of pyridine rings is 2. The zero-order chi connectivity index (χ0) is 18.4. The van der Waals surface area contributed by atoms with Gasteiger partial charge in [-0.25, -0.2) is 0 Å². The number of rotatable bonds is 5. The number of aromatic nitrogens is 2. The van der Waals surface area contributed by atoms with Crippen molar-refractivity contribution in [1.29, 1.82) is 0 Å². The lowest BCUT2D eigenvalue weighted by Crippen LogP contribution is -2.41. The first-order valence-corrected chi connectivity index (χ1v) is 8.19. The van der Waals surface area contributed by atoms with Crippen LogP contribution < -0.4 is 5.32 Å². The molecule has 2 heterocycles. The first-order chi connectivity index (χ1) is 11.8. The molecule has 6 nitrogen and oxygen atoms in total. The lowest BCUT2D eigenvalue weighted by molar-refractivity contribution is 0.0796. The van der Waals surface area contributed by atoms with Crippen LogP contribution in [0.15, 0.2) is 42.9 Å². The second-order valence-corrected chi connectivity index (χ2v) is 6.97. The number of carbonyl (C=O) groups excluding carboxylic acids is 2. The van der Waals surface area contributed by atoms with Gasteiger partial charge in [-0.1, -0.05) is 0 Å². The lowest BCUT2D eigenvalue weighted by Gasteiger charge is -2.20. The van der Waals surface area contributed by atoms with Crippen molar-refractivity contribution in [2.24, 2.45) is 0 Å². The highest BCUT2D eigenvalue weighted by atomic mass is 16.2. The summed E-state index contributed by atoms with van der Waals surface area (Å²) < 4.78 is 0. The molecule has 132 valence electrons. The van der Waals surface area contributed by atoms with Gasteiger partial charge in [0.1, 0.15) is 5.69 Å². The molecule has 2 amide bonds. The maximum Gasteiger partial charge on any atom is 0.270 e. The fraction of sp³-hybridized carbons (Fsp3) is 0.368. The predicted octanol–water partition coefficient (Wildman–Crippen LogP) is 2.32. The quantitative estimate of drug-likeness (QED) is 0.906. The minimum atomic E-state index is -0.361. The van der Waals surface area contributed by atoms with E-state index in [9.17, 15) is 9.59 Å². The Morgan fingerprint density at radius 1 is 1.12 bits per heavy atom. The van der Waals surface area contributed by atoms with Crippen molar-refractivity contribution >= 4 is 11.8 Å². The van der Waals surface area contributed by atoms with Crippen molar-refractivity contribution in [2.75, 3.05) is 13.6 Å². The topological polar surface area (TPSA) is 75.2 Å². The van der Waals surface area contributed by atoms with Crippen LogP contribution in [0, 0.1) is 0 Å². The first kappa shape index (κ1) is 18.6. The summed E-state index contributed by atoms with van der Waals surface area (Å²) in [5, 5.41) is 2.85. The predicted molar refractivity (Wildman–Crippen MR) is 96.4 cm³/mol. The zero-order valence-corrected chi connectivity index (χ0v) is 15.1. The summed E-state index contributed by atoms with van der Waals surface area (Å²) in [6.45, 7) is 6.26. The van der Waals surface area contributed by atoms with Gasteiger partial charge in [-0.2, -0.15) is 0 Å². The van der Waals surface area contributed by atoms with Crippen LogP contribution in [0.4, 0.5) is 0 Å². The van der Waals surface area contributed by atoms with E-state index >= 15 is 0 Å². The summed E-state index contributed by atoms with van der Waals surface area (Å²) in [5.41, 5.74) is 1.45. The van der Waals surface area contributed by atoms with E-state index in [1.54, 1.807) is 30.4 Å². The van der Waals surface area contributed by atoms with Crippen molar-refractivity contribution in [3.05, 3.63) is 59.7 Å². The highest BCUT2D eigenvalue weighted by Gasteiger charge is 2.18. The minimum Gasteiger partial charge on any atom is -0.346 e. The van der Waals surface area contributed by atoms with Crippen LogP contribution in [0.5, 0.6) is 0 Å².